The molecule has 29 heavy (non-hydrogen) atoms. The zero-order valence-corrected chi connectivity index (χ0v) is 16.1. The number of benzene rings is 4. The molecule has 4 aromatic rings. The highest BCUT2D eigenvalue weighted by Crippen LogP contribution is 2.24. The molecule has 4 aromatic carbocycles. The van der Waals surface area contributed by atoms with E-state index >= 15 is 0 Å². The fourth-order valence-corrected chi connectivity index (χ4v) is 3.13. The molecule has 2 atom stereocenters. The van der Waals surface area contributed by atoms with Gasteiger partial charge in [0.1, 0.15) is 11.4 Å². The van der Waals surface area contributed by atoms with Gasteiger partial charge in [0, 0.05) is 17.8 Å². The van der Waals surface area contributed by atoms with Gasteiger partial charge in [-0.3, -0.25) is 0 Å². The maximum atomic E-state index is 11.5. The molecule has 7 heteroatoms. The lowest BCUT2D eigenvalue weighted by Gasteiger charge is -2.16. The number of hydroxylamine groups is 2. The predicted molar refractivity (Wildman–Crippen MR) is 112 cm³/mol. The summed E-state index contributed by atoms with van der Waals surface area (Å²) in [5.41, 5.74) is 3.86. The molecule has 0 radical (unpaired) electrons. The lowest BCUT2D eigenvalue weighted by Crippen LogP contribution is -2.98. The van der Waals surface area contributed by atoms with Crippen molar-refractivity contribution in [3.8, 4) is 11.5 Å². The SMILES string of the molecule is C[NH+]([O-])c1ccc2cc(ONOc3ccc4cc([NH+](C)[O-])ccc4c3)ccc2c1. The van der Waals surface area contributed by atoms with Crippen LogP contribution in [0.4, 0.5) is 11.4 Å². The summed E-state index contributed by atoms with van der Waals surface area (Å²) in [6.45, 7) is 0. The summed E-state index contributed by atoms with van der Waals surface area (Å²) >= 11 is 0. The summed E-state index contributed by atoms with van der Waals surface area (Å²) < 4.78 is 0. The van der Waals surface area contributed by atoms with Crippen molar-refractivity contribution in [1.82, 2.24) is 5.64 Å². The van der Waals surface area contributed by atoms with Gasteiger partial charge in [-0.25, -0.2) is 0 Å². The summed E-state index contributed by atoms with van der Waals surface area (Å²) in [5.74, 6) is 1.17. The summed E-state index contributed by atoms with van der Waals surface area (Å²) in [5, 5.41) is 26.9. The van der Waals surface area contributed by atoms with E-state index in [0.717, 1.165) is 21.5 Å². The van der Waals surface area contributed by atoms with Gasteiger partial charge in [0.15, 0.2) is 11.5 Å². The average molecular weight is 391 g/mol. The van der Waals surface area contributed by atoms with Gasteiger partial charge in [-0.05, 0) is 70.1 Å². The molecule has 0 fully saturated rings. The Labute approximate surface area is 167 Å². The normalized spacial score (nSPS) is 13.4. The van der Waals surface area contributed by atoms with E-state index in [-0.39, 0.29) is 10.1 Å². The Kier molecular flexibility index (Phi) is 5.30. The van der Waals surface area contributed by atoms with Crippen molar-refractivity contribution in [2.75, 3.05) is 14.1 Å². The molecule has 7 nitrogen and oxygen atoms in total. The summed E-state index contributed by atoms with van der Waals surface area (Å²) in [6.07, 6.45) is 0. The molecule has 0 saturated carbocycles. The molecule has 0 spiro atoms. The third-order valence-electron chi connectivity index (χ3n) is 4.76. The molecule has 148 valence electrons. The van der Waals surface area contributed by atoms with Crippen LogP contribution in [0.25, 0.3) is 21.5 Å². The Morgan fingerprint density at radius 2 is 0.966 bits per heavy atom. The van der Waals surface area contributed by atoms with Crippen LogP contribution >= 0.6 is 0 Å². The van der Waals surface area contributed by atoms with E-state index in [1.54, 1.807) is 38.4 Å². The molecule has 0 amide bonds. The van der Waals surface area contributed by atoms with Crippen LogP contribution in [0, 0.1) is 10.4 Å². The van der Waals surface area contributed by atoms with Crippen molar-refractivity contribution in [2.45, 2.75) is 0 Å². The lowest BCUT2D eigenvalue weighted by atomic mass is 10.1. The van der Waals surface area contributed by atoms with Gasteiger partial charge in [-0.15, -0.1) is 0 Å². The number of hydrogen-bond acceptors (Lipinski definition) is 5. The molecule has 0 aliphatic carbocycles. The van der Waals surface area contributed by atoms with Gasteiger partial charge in [0.05, 0.1) is 14.1 Å². The van der Waals surface area contributed by atoms with Gasteiger partial charge < -0.3 is 30.2 Å². The Morgan fingerprint density at radius 3 is 1.38 bits per heavy atom. The van der Waals surface area contributed by atoms with Crippen LogP contribution in [0.2, 0.25) is 0 Å². The number of nitrogens with one attached hydrogen (secondary N) is 3. The standard InChI is InChI=1S/C22H21N3O4/c1-24(26)19-7-3-17-13-21(9-5-15(17)11-19)28-23-29-22-10-6-16-12-20(25(2)27)8-4-18(16)14-22/h3-14,23-25H,1-2H3. The predicted octanol–water partition coefficient (Wildman–Crippen LogP) is 2.16. The topological polar surface area (TPSA) is 85.5 Å². The van der Waals surface area contributed by atoms with Crippen LogP contribution in [0.5, 0.6) is 11.5 Å². The van der Waals surface area contributed by atoms with Crippen LogP contribution in [0.1, 0.15) is 0 Å². The number of quaternary nitrogens is 2. The number of hydrogen-bond donors (Lipinski definition) is 3. The minimum Gasteiger partial charge on any atom is -0.629 e. The van der Waals surface area contributed by atoms with Gasteiger partial charge in [0.25, 0.3) is 0 Å². The maximum Gasteiger partial charge on any atom is 0.152 e. The van der Waals surface area contributed by atoms with Crippen molar-refractivity contribution in [3.05, 3.63) is 83.2 Å². The van der Waals surface area contributed by atoms with Gasteiger partial charge in [0.2, 0.25) is 0 Å². The molecule has 2 unspecified atom stereocenters. The molecule has 0 aromatic heterocycles. The van der Waals surface area contributed by atoms with E-state index in [4.69, 9.17) is 9.68 Å². The Bertz CT molecular complexity index is 1070. The van der Waals surface area contributed by atoms with Crippen molar-refractivity contribution < 1.29 is 19.8 Å². The summed E-state index contributed by atoms with van der Waals surface area (Å²) in [6, 6.07) is 22.2. The zero-order chi connectivity index (χ0) is 20.4. The first-order chi connectivity index (χ1) is 14.0. The highest BCUT2D eigenvalue weighted by molar-refractivity contribution is 5.86. The van der Waals surface area contributed by atoms with Crippen molar-refractivity contribution in [1.29, 1.82) is 0 Å². The van der Waals surface area contributed by atoms with Crippen LogP contribution in [0.3, 0.4) is 0 Å². The zero-order valence-electron chi connectivity index (χ0n) is 16.1. The third kappa shape index (κ3) is 4.29. The fourth-order valence-electron chi connectivity index (χ4n) is 3.13. The van der Waals surface area contributed by atoms with Gasteiger partial charge in [-0.2, -0.15) is 0 Å². The lowest BCUT2D eigenvalue weighted by molar-refractivity contribution is -0.751. The average Bonchev–Trinajstić information content (AvgIpc) is 2.72. The van der Waals surface area contributed by atoms with E-state index in [1.807, 2.05) is 48.5 Å². The molecule has 0 heterocycles. The van der Waals surface area contributed by atoms with Crippen molar-refractivity contribution >= 4 is 32.9 Å². The second-order valence-electron chi connectivity index (χ2n) is 6.85. The van der Waals surface area contributed by atoms with Crippen LogP contribution in [-0.4, -0.2) is 14.1 Å². The van der Waals surface area contributed by atoms with Gasteiger partial charge in [-0.1, -0.05) is 12.1 Å². The van der Waals surface area contributed by atoms with E-state index in [0.29, 0.717) is 22.9 Å². The first-order valence-corrected chi connectivity index (χ1v) is 9.18. The highest BCUT2D eigenvalue weighted by atomic mass is 16.9. The first-order valence-electron chi connectivity index (χ1n) is 9.18. The first kappa shape index (κ1) is 19.1. The van der Waals surface area contributed by atoms with E-state index < -0.39 is 0 Å². The van der Waals surface area contributed by atoms with E-state index in [2.05, 4.69) is 5.64 Å². The Morgan fingerprint density at radius 1 is 0.586 bits per heavy atom. The molecule has 0 aliphatic heterocycles. The highest BCUT2D eigenvalue weighted by Gasteiger charge is 2.04. The molecule has 0 aliphatic rings. The fraction of sp³-hybridized carbons (Fsp3) is 0.0909. The molecule has 3 N–H and O–H groups in total. The number of fused-ring (bicyclic) bond motifs is 2. The Hall–Kier alpha value is -3.20. The maximum absolute atomic E-state index is 11.5. The quantitative estimate of drug-likeness (QED) is 0.439. The molecule has 0 bridgehead atoms. The minimum absolute atomic E-state index is 0.0372. The summed E-state index contributed by atoms with van der Waals surface area (Å²) in [4.78, 5) is 10.9. The second-order valence-corrected chi connectivity index (χ2v) is 6.85. The third-order valence-corrected chi connectivity index (χ3v) is 4.76. The smallest absolute Gasteiger partial charge is 0.152 e. The molecular formula is C22H21N3O4. The summed E-state index contributed by atoms with van der Waals surface area (Å²) in [7, 11) is 3.10. The van der Waals surface area contributed by atoms with Crippen molar-refractivity contribution in [2.24, 2.45) is 0 Å². The van der Waals surface area contributed by atoms with Crippen LogP contribution in [0.15, 0.2) is 72.8 Å². The van der Waals surface area contributed by atoms with Crippen LogP contribution < -0.4 is 25.4 Å². The van der Waals surface area contributed by atoms with E-state index in [1.165, 1.54) is 0 Å². The second kappa shape index (κ2) is 8.04. The van der Waals surface area contributed by atoms with E-state index in [9.17, 15) is 10.4 Å². The monoisotopic (exact) mass is 391 g/mol. The number of rotatable bonds is 6. The molecule has 4 rings (SSSR count). The van der Waals surface area contributed by atoms with Gasteiger partial charge >= 0.3 is 0 Å². The van der Waals surface area contributed by atoms with Crippen molar-refractivity contribution in [3.63, 3.8) is 0 Å². The molecular weight excluding hydrogens is 370 g/mol. The Balaban J connectivity index is 1.42. The minimum atomic E-state index is 0.0372. The van der Waals surface area contributed by atoms with Crippen LogP contribution in [-0.2, 0) is 0 Å². The largest absolute Gasteiger partial charge is 0.629 e. The molecule has 0 saturated heterocycles.